The van der Waals surface area contributed by atoms with E-state index in [9.17, 15) is 10.1 Å². The van der Waals surface area contributed by atoms with Crippen molar-refractivity contribution >= 4 is 5.82 Å². The first kappa shape index (κ1) is 10.3. The molecule has 1 aromatic carbocycles. The predicted molar refractivity (Wildman–Crippen MR) is 58.8 cm³/mol. The van der Waals surface area contributed by atoms with E-state index in [1.54, 1.807) is 22.9 Å². The molecule has 0 radical (unpaired) electrons. The van der Waals surface area contributed by atoms with Crippen LogP contribution < -0.4 is 4.57 Å². The summed E-state index contributed by atoms with van der Waals surface area (Å²) in [7, 11) is 0. The van der Waals surface area contributed by atoms with Gasteiger partial charge in [0.05, 0.1) is 6.07 Å². The van der Waals surface area contributed by atoms with Gasteiger partial charge in [-0.2, -0.15) is 0 Å². The van der Waals surface area contributed by atoms with Gasteiger partial charge in [-0.05, 0) is 6.07 Å². The van der Waals surface area contributed by atoms with Crippen LogP contribution in [0.15, 0.2) is 54.7 Å². The van der Waals surface area contributed by atoms with Gasteiger partial charge in [0.25, 0.3) is 0 Å². The maximum atomic E-state index is 10.8. The topological polar surface area (TPSA) is 47.0 Å². The second-order valence-electron chi connectivity index (χ2n) is 3.43. The minimum absolute atomic E-state index is 0.103. The number of hydrogen-bond acceptors (Lipinski definition) is 2. The number of hydrogen-bond donors (Lipinski definition) is 0. The molecule has 0 N–H and O–H groups in total. The van der Waals surface area contributed by atoms with Crippen molar-refractivity contribution in [3.63, 3.8) is 0 Å². The Labute approximate surface area is 92.9 Å². The van der Waals surface area contributed by atoms with E-state index in [1.807, 2.05) is 30.3 Å². The summed E-state index contributed by atoms with van der Waals surface area (Å²) in [5, 5.41) is 10.8. The van der Waals surface area contributed by atoms with Gasteiger partial charge in [-0.1, -0.05) is 30.3 Å². The molecule has 0 unspecified atom stereocenters. The lowest BCUT2D eigenvalue weighted by Crippen LogP contribution is -2.36. The number of aromatic nitrogens is 1. The summed E-state index contributed by atoms with van der Waals surface area (Å²) in [5.74, 6) is 0.103. The Hall–Kier alpha value is -2.23. The van der Waals surface area contributed by atoms with Crippen LogP contribution in [0.3, 0.4) is 0 Å². The van der Waals surface area contributed by atoms with Crippen molar-refractivity contribution < 1.29 is 9.49 Å². The van der Waals surface area contributed by atoms with Crippen LogP contribution in [0.4, 0.5) is 5.82 Å². The molecule has 0 amide bonds. The van der Waals surface area contributed by atoms with E-state index >= 15 is 0 Å². The van der Waals surface area contributed by atoms with Gasteiger partial charge in [0.2, 0.25) is 0 Å². The highest BCUT2D eigenvalue weighted by Gasteiger charge is 2.20. The molecule has 1 aromatic heterocycles. The van der Waals surface area contributed by atoms with Crippen molar-refractivity contribution in [1.29, 1.82) is 0 Å². The van der Waals surface area contributed by atoms with Crippen molar-refractivity contribution in [3.8, 4) is 0 Å². The van der Waals surface area contributed by atoms with Gasteiger partial charge < -0.3 is 0 Å². The van der Waals surface area contributed by atoms with Crippen molar-refractivity contribution in [1.82, 2.24) is 0 Å². The number of nitrogens with zero attached hydrogens (tertiary/aromatic N) is 2. The third-order valence-electron chi connectivity index (χ3n) is 2.30. The molecule has 0 saturated carbocycles. The summed E-state index contributed by atoms with van der Waals surface area (Å²) in [6, 6.07) is 14.6. The number of nitro groups is 1. The average Bonchev–Trinajstić information content (AvgIpc) is 2.31. The monoisotopic (exact) mass is 215 g/mol. The first-order valence-electron chi connectivity index (χ1n) is 4.94. The summed E-state index contributed by atoms with van der Waals surface area (Å²) in [4.78, 5) is 10.4. The maximum absolute atomic E-state index is 10.8. The zero-order valence-electron chi connectivity index (χ0n) is 8.61. The lowest BCUT2D eigenvalue weighted by Gasteiger charge is -1.97. The molecule has 4 nitrogen and oxygen atoms in total. The molecule has 0 fully saturated rings. The van der Waals surface area contributed by atoms with Crippen LogP contribution in [0.25, 0.3) is 0 Å². The molecule has 80 valence electrons. The largest absolute Gasteiger partial charge is 0.501 e. The lowest BCUT2D eigenvalue weighted by atomic mass is 10.2. The summed E-state index contributed by atoms with van der Waals surface area (Å²) in [5.41, 5.74) is 1.04. The Kier molecular flexibility index (Phi) is 2.91. The van der Waals surface area contributed by atoms with Crippen LogP contribution in [-0.2, 0) is 6.54 Å². The van der Waals surface area contributed by atoms with E-state index in [2.05, 4.69) is 0 Å². The molecule has 2 aromatic rings. The molecule has 16 heavy (non-hydrogen) atoms. The molecule has 0 aliphatic heterocycles. The van der Waals surface area contributed by atoms with Crippen LogP contribution in [0.2, 0.25) is 0 Å². The number of benzene rings is 1. The van der Waals surface area contributed by atoms with Crippen molar-refractivity contribution in [2.75, 3.05) is 0 Å². The second kappa shape index (κ2) is 4.53. The second-order valence-corrected chi connectivity index (χ2v) is 3.43. The van der Waals surface area contributed by atoms with Gasteiger partial charge in [0, 0.05) is 11.6 Å². The Morgan fingerprint density at radius 2 is 1.75 bits per heavy atom. The highest BCUT2D eigenvalue weighted by molar-refractivity contribution is 5.15. The quantitative estimate of drug-likeness (QED) is 0.446. The Bertz CT molecular complexity index is 497. The van der Waals surface area contributed by atoms with Gasteiger partial charge >= 0.3 is 5.82 Å². The van der Waals surface area contributed by atoms with Gasteiger partial charge in [-0.25, -0.2) is 0 Å². The first-order chi connectivity index (χ1) is 7.77. The molecular weight excluding hydrogens is 204 g/mol. The summed E-state index contributed by atoms with van der Waals surface area (Å²) in [6.45, 7) is 0.512. The number of pyridine rings is 1. The molecule has 0 saturated heterocycles. The van der Waals surface area contributed by atoms with Crippen LogP contribution in [0.5, 0.6) is 0 Å². The summed E-state index contributed by atoms with van der Waals surface area (Å²) >= 11 is 0. The fourth-order valence-corrected chi connectivity index (χ4v) is 1.55. The Balaban J connectivity index is 2.31. The van der Waals surface area contributed by atoms with E-state index in [0.717, 1.165) is 5.56 Å². The zero-order chi connectivity index (χ0) is 11.4. The lowest BCUT2D eigenvalue weighted by molar-refractivity contribution is -0.729. The summed E-state index contributed by atoms with van der Waals surface area (Å²) < 4.78 is 1.62. The van der Waals surface area contributed by atoms with E-state index in [4.69, 9.17) is 0 Å². The van der Waals surface area contributed by atoms with Gasteiger partial charge in [0.1, 0.15) is 4.92 Å². The minimum Gasteiger partial charge on any atom is -0.253 e. The molecule has 0 aliphatic rings. The summed E-state index contributed by atoms with van der Waals surface area (Å²) in [6.07, 6.45) is 1.71. The van der Waals surface area contributed by atoms with Gasteiger partial charge in [0.15, 0.2) is 12.7 Å². The highest BCUT2D eigenvalue weighted by Crippen LogP contribution is 2.04. The van der Waals surface area contributed by atoms with E-state index in [1.165, 1.54) is 6.07 Å². The molecule has 1 heterocycles. The molecule has 4 heteroatoms. The van der Waals surface area contributed by atoms with Crippen LogP contribution in [0, 0.1) is 10.1 Å². The normalized spacial score (nSPS) is 10.0. The molecule has 2 rings (SSSR count). The fraction of sp³-hybridized carbons (Fsp3) is 0.0833. The van der Waals surface area contributed by atoms with E-state index in [0.29, 0.717) is 6.54 Å². The molecule has 0 spiro atoms. The molecule has 0 atom stereocenters. The van der Waals surface area contributed by atoms with Gasteiger partial charge in [-0.15, -0.1) is 4.57 Å². The standard InChI is InChI=1S/C12H11N2O2/c15-14(16)12-8-4-5-9-13(12)10-11-6-2-1-3-7-11/h1-9H,10H2/q+1. The molecule has 0 bridgehead atoms. The third kappa shape index (κ3) is 2.23. The Morgan fingerprint density at radius 1 is 1.06 bits per heavy atom. The molecule has 0 aliphatic carbocycles. The number of rotatable bonds is 3. The highest BCUT2D eigenvalue weighted by atomic mass is 16.6. The van der Waals surface area contributed by atoms with Crippen molar-refractivity contribution in [3.05, 3.63) is 70.4 Å². The van der Waals surface area contributed by atoms with Crippen molar-refractivity contribution in [2.45, 2.75) is 6.54 Å². The SMILES string of the molecule is O=[N+]([O-])c1cccc[n+]1Cc1ccccc1. The predicted octanol–water partition coefficient (Wildman–Crippen LogP) is 1.93. The van der Waals surface area contributed by atoms with E-state index < -0.39 is 0 Å². The van der Waals surface area contributed by atoms with Crippen molar-refractivity contribution in [2.24, 2.45) is 0 Å². The van der Waals surface area contributed by atoms with Crippen LogP contribution in [-0.4, -0.2) is 4.92 Å². The Morgan fingerprint density at radius 3 is 2.44 bits per heavy atom. The zero-order valence-corrected chi connectivity index (χ0v) is 8.61. The average molecular weight is 215 g/mol. The molecular formula is C12H11N2O2+. The minimum atomic E-state index is -0.372. The van der Waals surface area contributed by atoms with E-state index in [-0.39, 0.29) is 10.7 Å². The third-order valence-corrected chi connectivity index (χ3v) is 2.30. The first-order valence-corrected chi connectivity index (χ1v) is 4.94. The smallest absolute Gasteiger partial charge is 0.253 e. The maximum Gasteiger partial charge on any atom is 0.501 e. The van der Waals surface area contributed by atoms with Crippen LogP contribution >= 0.6 is 0 Å². The van der Waals surface area contributed by atoms with Crippen LogP contribution in [0.1, 0.15) is 5.56 Å². The van der Waals surface area contributed by atoms with Gasteiger partial charge in [-0.3, -0.25) is 10.1 Å². The fourth-order valence-electron chi connectivity index (χ4n) is 1.55.